The highest BCUT2D eigenvalue weighted by atomic mass is 32.2. The van der Waals surface area contributed by atoms with Crippen LogP contribution in [-0.4, -0.2) is 10.7 Å². The Labute approximate surface area is 90.2 Å². The molecule has 1 aromatic heterocycles. The van der Waals surface area contributed by atoms with Crippen molar-refractivity contribution in [2.24, 2.45) is 0 Å². The van der Waals surface area contributed by atoms with Crippen LogP contribution in [0.3, 0.4) is 0 Å². The molecule has 0 saturated carbocycles. The third-order valence-corrected chi connectivity index (χ3v) is 3.58. The van der Waals surface area contributed by atoms with Gasteiger partial charge in [0.1, 0.15) is 4.34 Å². The topological polar surface area (TPSA) is 12.9 Å². The minimum atomic E-state index is -1.57. The number of nitrogens with zero attached hydrogens (tertiary/aromatic N) is 1. The molecule has 78 valence electrons. The highest BCUT2D eigenvalue weighted by Gasteiger charge is 1.95. The first kappa shape index (κ1) is 11.7. The Bertz CT molecular complexity index is 268. The lowest BCUT2D eigenvalue weighted by Gasteiger charge is -1.95. The van der Waals surface area contributed by atoms with Gasteiger partial charge in [-0.3, -0.25) is 0 Å². The first-order valence-electron chi connectivity index (χ1n) is 4.32. The van der Waals surface area contributed by atoms with Crippen LogP contribution in [0.5, 0.6) is 0 Å². The predicted octanol–water partition coefficient (Wildman–Crippen LogP) is 4.19. The Hall–Kier alpha value is -0.420. The fraction of sp³-hybridized carbons (Fsp3) is 0.444. The number of thioether (sulfide) groups is 1. The molecule has 0 radical (unpaired) electrons. The van der Waals surface area contributed by atoms with Gasteiger partial charge in [0.05, 0.1) is 0 Å². The molecule has 5 heteroatoms. The quantitative estimate of drug-likeness (QED) is 0.541. The number of hydrogen-bond donors (Lipinski definition) is 0. The van der Waals surface area contributed by atoms with Crippen molar-refractivity contribution >= 4 is 23.1 Å². The standard InChI is InChI=1S/C9H11F2NS2/c10-8(11)4-2-1-3-6-13-9-12-5-7-14-9/h4-5,7H,1-3,6H2. The Kier molecular flexibility index (Phi) is 5.78. The van der Waals surface area contributed by atoms with Crippen molar-refractivity contribution in [2.75, 3.05) is 5.75 Å². The number of halogens is 2. The molecule has 0 N–H and O–H groups in total. The molecule has 1 nitrogen and oxygen atoms in total. The Morgan fingerprint density at radius 3 is 3.00 bits per heavy atom. The summed E-state index contributed by atoms with van der Waals surface area (Å²) in [5.41, 5.74) is 0. The molecule has 0 fully saturated rings. The van der Waals surface area contributed by atoms with Crippen LogP contribution in [-0.2, 0) is 0 Å². The van der Waals surface area contributed by atoms with Gasteiger partial charge in [0, 0.05) is 17.3 Å². The lowest BCUT2D eigenvalue weighted by atomic mass is 10.2. The normalized spacial score (nSPS) is 10.1. The van der Waals surface area contributed by atoms with Crippen LogP contribution in [0.25, 0.3) is 0 Å². The van der Waals surface area contributed by atoms with E-state index in [1.165, 1.54) is 0 Å². The first-order chi connectivity index (χ1) is 6.79. The van der Waals surface area contributed by atoms with Crippen LogP contribution in [0.15, 0.2) is 28.1 Å². The van der Waals surface area contributed by atoms with E-state index in [1.54, 1.807) is 29.3 Å². The van der Waals surface area contributed by atoms with E-state index in [-0.39, 0.29) is 0 Å². The molecule has 0 unspecified atom stereocenters. The van der Waals surface area contributed by atoms with Crippen molar-refractivity contribution in [3.05, 3.63) is 23.7 Å². The van der Waals surface area contributed by atoms with Crippen LogP contribution in [0.1, 0.15) is 19.3 Å². The Morgan fingerprint density at radius 1 is 1.50 bits per heavy atom. The molecule has 0 aliphatic carbocycles. The predicted molar refractivity (Wildman–Crippen MR) is 57.0 cm³/mol. The molecular formula is C9H11F2NS2. The van der Waals surface area contributed by atoms with E-state index in [9.17, 15) is 8.78 Å². The lowest BCUT2D eigenvalue weighted by molar-refractivity contribution is 0.417. The maximum atomic E-state index is 11.6. The largest absolute Gasteiger partial charge is 0.266 e. The molecule has 0 amide bonds. The van der Waals surface area contributed by atoms with Gasteiger partial charge < -0.3 is 0 Å². The van der Waals surface area contributed by atoms with Crippen LogP contribution in [0.2, 0.25) is 0 Å². The van der Waals surface area contributed by atoms with Crippen molar-refractivity contribution in [2.45, 2.75) is 23.6 Å². The number of aromatic nitrogens is 1. The summed E-state index contributed by atoms with van der Waals surface area (Å²) in [4.78, 5) is 4.11. The molecule has 1 aromatic rings. The summed E-state index contributed by atoms with van der Waals surface area (Å²) >= 11 is 3.30. The second kappa shape index (κ2) is 6.95. The number of allylic oxidation sites excluding steroid dienone is 1. The second-order valence-corrected chi connectivity index (χ2v) is 4.87. The summed E-state index contributed by atoms with van der Waals surface area (Å²) in [5, 5.41) is 1.93. The summed E-state index contributed by atoms with van der Waals surface area (Å²) in [7, 11) is 0. The molecule has 0 atom stereocenters. The lowest BCUT2D eigenvalue weighted by Crippen LogP contribution is -1.79. The molecule has 0 bridgehead atoms. The van der Waals surface area contributed by atoms with Crippen molar-refractivity contribution in [3.8, 4) is 0 Å². The molecule has 0 spiro atoms. The number of thiazole rings is 1. The van der Waals surface area contributed by atoms with Gasteiger partial charge in [-0.15, -0.1) is 11.3 Å². The average molecular weight is 235 g/mol. The maximum absolute atomic E-state index is 11.6. The van der Waals surface area contributed by atoms with Crippen LogP contribution in [0, 0.1) is 0 Å². The van der Waals surface area contributed by atoms with E-state index < -0.39 is 6.08 Å². The zero-order valence-corrected chi connectivity index (χ0v) is 9.21. The fourth-order valence-corrected chi connectivity index (χ4v) is 2.61. The van der Waals surface area contributed by atoms with Crippen molar-refractivity contribution < 1.29 is 8.78 Å². The van der Waals surface area contributed by atoms with E-state index in [0.29, 0.717) is 6.42 Å². The van der Waals surface area contributed by atoms with Gasteiger partial charge in [0.15, 0.2) is 0 Å². The summed E-state index contributed by atoms with van der Waals surface area (Å²) in [6.45, 7) is 0. The van der Waals surface area contributed by atoms with E-state index >= 15 is 0 Å². The zero-order valence-electron chi connectivity index (χ0n) is 7.58. The molecule has 0 saturated heterocycles. The molecule has 0 aliphatic rings. The highest BCUT2D eigenvalue weighted by Crippen LogP contribution is 2.21. The molecule has 1 rings (SSSR count). The first-order valence-corrected chi connectivity index (χ1v) is 6.19. The Morgan fingerprint density at radius 2 is 2.36 bits per heavy atom. The smallest absolute Gasteiger partial charge is 0.238 e. The van der Waals surface area contributed by atoms with Gasteiger partial charge in [-0.2, -0.15) is 8.78 Å². The van der Waals surface area contributed by atoms with Gasteiger partial charge in [0.2, 0.25) is 0 Å². The second-order valence-electron chi connectivity index (χ2n) is 2.64. The average Bonchev–Trinajstić information content (AvgIpc) is 2.63. The molecule has 0 aliphatic heterocycles. The number of rotatable bonds is 6. The molecular weight excluding hydrogens is 224 g/mol. The third kappa shape index (κ3) is 5.34. The summed E-state index contributed by atoms with van der Waals surface area (Å²) in [6.07, 6.45) is 3.42. The number of hydrogen-bond acceptors (Lipinski definition) is 3. The highest BCUT2D eigenvalue weighted by molar-refractivity contribution is 8.00. The van der Waals surface area contributed by atoms with Gasteiger partial charge >= 0.3 is 0 Å². The van der Waals surface area contributed by atoms with E-state index in [4.69, 9.17) is 0 Å². The summed E-state index contributed by atoms with van der Waals surface area (Å²) in [5.74, 6) is 0.954. The van der Waals surface area contributed by atoms with Gasteiger partial charge in [0.25, 0.3) is 6.08 Å². The minimum Gasteiger partial charge on any atom is -0.238 e. The summed E-state index contributed by atoms with van der Waals surface area (Å²) < 4.78 is 24.3. The van der Waals surface area contributed by atoms with Crippen LogP contribution >= 0.6 is 23.1 Å². The fourth-order valence-electron chi connectivity index (χ4n) is 0.899. The maximum Gasteiger partial charge on any atom is 0.266 e. The van der Waals surface area contributed by atoms with Gasteiger partial charge in [-0.1, -0.05) is 11.8 Å². The third-order valence-electron chi connectivity index (χ3n) is 1.53. The molecule has 1 heterocycles. The van der Waals surface area contributed by atoms with Gasteiger partial charge in [-0.05, 0) is 25.3 Å². The number of unbranched alkanes of at least 4 members (excludes halogenated alkanes) is 2. The van der Waals surface area contributed by atoms with Crippen LogP contribution in [0.4, 0.5) is 8.78 Å². The molecule has 0 aromatic carbocycles. The van der Waals surface area contributed by atoms with E-state index in [2.05, 4.69) is 4.98 Å². The van der Waals surface area contributed by atoms with Crippen molar-refractivity contribution in [1.82, 2.24) is 4.98 Å². The van der Waals surface area contributed by atoms with Gasteiger partial charge in [-0.25, -0.2) is 4.98 Å². The van der Waals surface area contributed by atoms with Crippen molar-refractivity contribution in [3.63, 3.8) is 0 Å². The van der Waals surface area contributed by atoms with E-state index in [1.807, 2.05) is 5.38 Å². The minimum absolute atomic E-state index is 0.473. The zero-order chi connectivity index (χ0) is 10.2. The van der Waals surface area contributed by atoms with E-state index in [0.717, 1.165) is 29.0 Å². The molecule has 14 heavy (non-hydrogen) atoms. The Balaban J connectivity index is 1.98. The monoisotopic (exact) mass is 235 g/mol. The van der Waals surface area contributed by atoms with Crippen LogP contribution < -0.4 is 0 Å². The van der Waals surface area contributed by atoms with Crippen molar-refractivity contribution in [1.29, 1.82) is 0 Å². The summed E-state index contributed by atoms with van der Waals surface area (Å²) in [6, 6.07) is 0. The SMILES string of the molecule is FC(F)=CCCCCSc1nccs1.